The fraction of sp³-hybridized carbons (Fsp3) is 0.727. The van der Waals surface area contributed by atoms with Crippen LogP contribution in [0.4, 0.5) is 0 Å². The number of H-pyrrole nitrogens is 1. The van der Waals surface area contributed by atoms with Gasteiger partial charge >= 0.3 is 0 Å². The van der Waals surface area contributed by atoms with Gasteiger partial charge in [-0.05, 0) is 18.9 Å². The van der Waals surface area contributed by atoms with Crippen LogP contribution in [0.15, 0.2) is 12.4 Å². The normalized spacial score (nSPS) is 15.8. The molecule has 0 aromatic carbocycles. The Hall–Kier alpha value is -0.830. The first-order valence-corrected chi connectivity index (χ1v) is 5.30. The number of likely N-dealkylation sites (N-methyl/N-ethyl adjacent to an activating group) is 1. The molecule has 1 rings (SSSR count). The van der Waals surface area contributed by atoms with Gasteiger partial charge in [0, 0.05) is 24.9 Å². The molecule has 0 bridgehead atoms. The third-order valence-electron chi connectivity index (χ3n) is 3.03. The molecule has 0 aliphatic heterocycles. The van der Waals surface area contributed by atoms with E-state index in [0.29, 0.717) is 17.9 Å². The van der Waals surface area contributed by atoms with Gasteiger partial charge in [0.25, 0.3) is 0 Å². The third kappa shape index (κ3) is 2.84. The quantitative estimate of drug-likeness (QED) is 0.752. The van der Waals surface area contributed by atoms with Gasteiger partial charge in [0.15, 0.2) is 0 Å². The van der Waals surface area contributed by atoms with Crippen molar-refractivity contribution in [1.82, 2.24) is 15.3 Å². The highest BCUT2D eigenvalue weighted by atomic mass is 14.9. The smallest absolute Gasteiger partial charge is 0.107 e. The van der Waals surface area contributed by atoms with E-state index in [1.807, 2.05) is 19.4 Å². The lowest BCUT2D eigenvalue weighted by molar-refractivity contribution is 0.307. The summed E-state index contributed by atoms with van der Waals surface area (Å²) < 4.78 is 0. The van der Waals surface area contributed by atoms with Crippen molar-refractivity contribution in [3.63, 3.8) is 0 Å². The predicted molar refractivity (Wildman–Crippen MR) is 59.1 cm³/mol. The molecule has 0 saturated heterocycles. The molecule has 3 nitrogen and oxygen atoms in total. The van der Waals surface area contributed by atoms with E-state index in [1.54, 1.807) is 0 Å². The summed E-state index contributed by atoms with van der Waals surface area (Å²) in [7, 11) is 2.02. The molecule has 0 fully saturated rings. The van der Waals surface area contributed by atoms with Crippen LogP contribution in [0, 0.1) is 11.8 Å². The molecule has 0 saturated carbocycles. The summed E-state index contributed by atoms with van der Waals surface area (Å²) in [6, 6.07) is 0.501. The Kier molecular flexibility index (Phi) is 4.14. The average Bonchev–Trinajstić information content (AvgIpc) is 2.65. The molecular formula is C11H21N3. The lowest BCUT2D eigenvalue weighted by Gasteiger charge is -2.25. The van der Waals surface area contributed by atoms with Gasteiger partial charge in [-0.1, -0.05) is 20.8 Å². The van der Waals surface area contributed by atoms with Crippen LogP contribution in [0.25, 0.3) is 0 Å². The highest BCUT2D eigenvalue weighted by Gasteiger charge is 2.19. The summed E-state index contributed by atoms with van der Waals surface area (Å²) in [4.78, 5) is 7.39. The first-order chi connectivity index (χ1) is 6.65. The van der Waals surface area contributed by atoms with Crippen molar-refractivity contribution in [3.8, 4) is 0 Å². The zero-order chi connectivity index (χ0) is 10.6. The predicted octanol–water partition coefficient (Wildman–Crippen LogP) is 1.83. The van der Waals surface area contributed by atoms with Crippen molar-refractivity contribution in [1.29, 1.82) is 0 Å². The van der Waals surface area contributed by atoms with E-state index >= 15 is 0 Å². The molecule has 0 amide bonds. The number of nitrogens with one attached hydrogen (secondary N) is 2. The second kappa shape index (κ2) is 5.15. The van der Waals surface area contributed by atoms with E-state index < -0.39 is 0 Å². The van der Waals surface area contributed by atoms with Gasteiger partial charge in [0.2, 0.25) is 0 Å². The van der Waals surface area contributed by atoms with E-state index in [4.69, 9.17) is 0 Å². The van der Waals surface area contributed by atoms with Gasteiger partial charge in [-0.25, -0.2) is 4.98 Å². The minimum absolute atomic E-state index is 0.501. The molecule has 0 aliphatic rings. The van der Waals surface area contributed by atoms with Crippen molar-refractivity contribution in [3.05, 3.63) is 18.2 Å². The van der Waals surface area contributed by atoms with Crippen LogP contribution in [0.5, 0.6) is 0 Å². The van der Waals surface area contributed by atoms with Gasteiger partial charge in [0.05, 0.1) is 0 Å². The topological polar surface area (TPSA) is 40.7 Å². The van der Waals surface area contributed by atoms with Crippen LogP contribution in [0.2, 0.25) is 0 Å². The van der Waals surface area contributed by atoms with Gasteiger partial charge < -0.3 is 10.3 Å². The molecule has 2 N–H and O–H groups in total. The van der Waals surface area contributed by atoms with Crippen LogP contribution < -0.4 is 5.32 Å². The fourth-order valence-electron chi connectivity index (χ4n) is 1.63. The van der Waals surface area contributed by atoms with Crippen LogP contribution in [-0.2, 0) is 6.42 Å². The first kappa shape index (κ1) is 11.2. The van der Waals surface area contributed by atoms with Crippen molar-refractivity contribution in [2.45, 2.75) is 33.2 Å². The number of hydrogen-bond donors (Lipinski definition) is 2. The van der Waals surface area contributed by atoms with Crippen LogP contribution in [-0.4, -0.2) is 23.1 Å². The molecule has 1 aromatic heterocycles. The molecular weight excluding hydrogens is 174 g/mol. The molecule has 3 heteroatoms. The van der Waals surface area contributed by atoms with Gasteiger partial charge in [-0.15, -0.1) is 0 Å². The number of aromatic nitrogens is 2. The molecule has 80 valence electrons. The number of imidazole rings is 1. The fourth-order valence-corrected chi connectivity index (χ4v) is 1.63. The third-order valence-corrected chi connectivity index (χ3v) is 3.03. The molecule has 14 heavy (non-hydrogen) atoms. The van der Waals surface area contributed by atoms with Crippen LogP contribution in [0.1, 0.15) is 26.6 Å². The van der Waals surface area contributed by atoms with E-state index in [9.17, 15) is 0 Å². The molecule has 0 spiro atoms. The van der Waals surface area contributed by atoms with Crippen molar-refractivity contribution in [2.75, 3.05) is 7.05 Å². The standard InChI is InChI=1S/C11H21N3/c1-8(2)9(3)10(12-4)7-11-13-5-6-14-11/h5-6,8-10,12H,7H2,1-4H3,(H,13,14). The first-order valence-electron chi connectivity index (χ1n) is 5.30. The van der Waals surface area contributed by atoms with Crippen molar-refractivity contribution < 1.29 is 0 Å². The molecule has 1 heterocycles. The highest BCUT2D eigenvalue weighted by molar-refractivity contribution is 4.92. The van der Waals surface area contributed by atoms with E-state index in [2.05, 4.69) is 36.1 Å². The van der Waals surface area contributed by atoms with Gasteiger partial charge in [0.1, 0.15) is 5.82 Å². The lowest BCUT2D eigenvalue weighted by atomic mass is 9.88. The summed E-state index contributed by atoms with van der Waals surface area (Å²) in [5.41, 5.74) is 0. The van der Waals surface area contributed by atoms with Crippen LogP contribution in [0.3, 0.4) is 0 Å². The molecule has 2 unspecified atom stereocenters. The zero-order valence-corrected chi connectivity index (χ0v) is 9.54. The summed E-state index contributed by atoms with van der Waals surface area (Å²) in [6.07, 6.45) is 4.66. The molecule has 2 atom stereocenters. The van der Waals surface area contributed by atoms with E-state index in [0.717, 1.165) is 12.2 Å². The largest absolute Gasteiger partial charge is 0.349 e. The Morgan fingerprint density at radius 3 is 2.57 bits per heavy atom. The summed E-state index contributed by atoms with van der Waals surface area (Å²) in [5.74, 6) is 2.42. The second-order valence-corrected chi connectivity index (χ2v) is 4.24. The molecule has 0 radical (unpaired) electrons. The average molecular weight is 195 g/mol. The SMILES string of the molecule is CNC(Cc1ncc[nH]1)C(C)C(C)C. The monoisotopic (exact) mass is 195 g/mol. The maximum absolute atomic E-state index is 4.25. The van der Waals surface area contributed by atoms with Crippen LogP contribution >= 0.6 is 0 Å². The molecule has 1 aromatic rings. The zero-order valence-electron chi connectivity index (χ0n) is 9.54. The lowest BCUT2D eigenvalue weighted by Crippen LogP contribution is -2.36. The number of rotatable bonds is 5. The Morgan fingerprint density at radius 2 is 2.14 bits per heavy atom. The van der Waals surface area contributed by atoms with E-state index in [1.165, 1.54) is 0 Å². The summed E-state index contributed by atoms with van der Waals surface area (Å²) >= 11 is 0. The maximum atomic E-state index is 4.25. The Morgan fingerprint density at radius 1 is 1.43 bits per heavy atom. The van der Waals surface area contributed by atoms with Gasteiger partial charge in [-0.3, -0.25) is 0 Å². The summed E-state index contributed by atoms with van der Waals surface area (Å²) in [5, 5.41) is 3.36. The summed E-state index contributed by atoms with van der Waals surface area (Å²) in [6.45, 7) is 6.81. The van der Waals surface area contributed by atoms with Crippen molar-refractivity contribution >= 4 is 0 Å². The minimum atomic E-state index is 0.501. The number of hydrogen-bond acceptors (Lipinski definition) is 2. The van der Waals surface area contributed by atoms with E-state index in [-0.39, 0.29) is 0 Å². The highest BCUT2D eigenvalue weighted by Crippen LogP contribution is 2.16. The second-order valence-electron chi connectivity index (χ2n) is 4.24. The molecule has 0 aliphatic carbocycles. The Bertz CT molecular complexity index is 241. The Labute approximate surface area is 86.3 Å². The number of nitrogens with zero attached hydrogens (tertiary/aromatic N) is 1. The Balaban J connectivity index is 2.55. The van der Waals surface area contributed by atoms with Crippen molar-refractivity contribution in [2.24, 2.45) is 11.8 Å². The number of aromatic amines is 1. The minimum Gasteiger partial charge on any atom is -0.349 e. The van der Waals surface area contributed by atoms with Gasteiger partial charge in [-0.2, -0.15) is 0 Å². The maximum Gasteiger partial charge on any atom is 0.107 e.